The molecule has 2 rings (SSSR count). The van der Waals surface area contributed by atoms with Crippen LogP contribution in [0.5, 0.6) is 0 Å². The molecule has 4 nitrogen and oxygen atoms in total. The number of hydrogen-bond donors (Lipinski definition) is 1. The quantitative estimate of drug-likeness (QED) is 0.838. The fourth-order valence-electron chi connectivity index (χ4n) is 3.52. The van der Waals surface area contributed by atoms with E-state index in [1.165, 1.54) is 6.42 Å². The number of carbonyl (C=O) groups excluding carboxylic acids is 1. The summed E-state index contributed by atoms with van der Waals surface area (Å²) in [6, 6.07) is 2.43. The van der Waals surface area contributed by atoms with Crippen LogP contribution in [-0.4, -0.2) is 22.1 Å². The summed E-state index contributed by atoms with van der Waals surface area (Å²) in [5, 5.41) is 4.61. The first-order valence-corrected chi connectivity index (χ1v) is 8.42. The lowest BCUT2D eigenvalue weighted by Crippen LogP contribution is -2.41. The Bertz CT molecular complexity index is 456. The van der Waals surface area contributed by atoms with Gasteiger partial charge < -0.3 is 5.73 Å². The molecule has 0 aromatic carbocycles. The normalized spacial score (nSPS) is 18.1. The number of carbonyl (C=O) groups is 1. The van der Waals surface area contributed by atoms with Gasteiger partial charge in [-0.25, -0.2) is 0 Å². The van der Waals surface area contributed by atoms with Crippen LogP contribution in [0.1, 0.15) is 70.5 Å². The Labute approximate surface area is 128 Å². The second-order valence-electron chi connectivity index (χ2n) is 6.40. The lowest BCUT2D eigenvalue weighted by atomic mass is 9.70. The summed E-state index contributed by atoms with van der Waals surface area (Å²) in [5.41, 5.74) is 6.56. The van der Waals surface area contributed by atoms with Crippen LogP contribution in [0.25, 0.3) is 0 Å². The van der Waals surface area contributed by atoms with Crippen molar-refractivity contribution in [1.29, 1.82) is 0 Å². The molecule has 0 atom stereocenters. The van der Waals surface area contributed by atoms with Gasteiger partial charge in [0.05, 0.1) is 18.2 Å². The second kappa shape index (κ2) is 7.21. The van der Waals surface area contributed by atoms with Crippen LogP contribution >= 0.6 is 0 Å². The van der Waals surface area contributed by atoms with E-state index in [-0.39, 0.29) is 5.41 Å². The van der Waals surface area contributed by atoms with Gasteiger partial charge in [-0.05, 0) is 31.7 Å². The van der Waals surface area contributed by atoms with Gasteiger partial charge in [-0.15, -0.1) is 0 Å². The predicted molar refractivity (Wildman–Crippen MR) is 85.1 cm³/mol. The molecule has 0 unspecified atom stereocenters. The zero-order valence-electron chi connectivity index (χ0n) is 13.5. The number of aromatic nitrogens is 2. The van der Waals surface area contributed by atoms with Gasteiger partial charge in [0, 0.05) is 18.2 Å². The Hall–Kier alpha value is -1.16. The minimum Gasteiger partial charge on any atom is -0.329 e. The summed E-state index contributed by atoms with van der Waals surface area (Å²) in [4.78, 5) is 12.7. The predicted octanol–water partition coefficient (Wildman–Crippen LogP) is 3.27. The zero-order valence-corrected chi connectivity index (χ0v) is 13.5. The van der Waals surface area contributed by atoms with Crippen LogP contribution in [0, 0.1) is 5.41 Å². The smallest absolute Gasteiger partial charge is 0.146 e. The van der Waals surface area contributed by atoms with Gasteiger partial charge in [0.15, 0.2) is 0 Å². The lowest BCUT2D eigenvalue weighted by molar-refractivity contribution is -0.129. The highest BCUT2D eigenvalue weighted by Crippen LogP contribution is 2.37. The third-order valence-corrected chi connectivity index (χ3v) is 5.11. The Morgan fingerprint density at radius 2 is 2.00 bits per heavy atom. The van der Waals surface area contributed by atoms with Crippen molar-refractivity contribution in [2.24, 2.45) is 11.1 Å². The summed E-state index contributed by atoms with van der Waals surface area (Å²) in [5.74, 6) is 0.291. The molecule has 4 heteroatoms. The van der Waals surface area contributed by atoms with Crippen LogP contribution < -0.4 is 5.73 Å². The maximum atomic E-state index is 12.7. The Kier molecular flexibility index (Phi) is 5.57. The Balaban J connectivity index is 2.05. The molecule has 0 radical (unpaired) electrons. The number of Topliss-reactive ketones (excluding diaryl/α,β-unsaturated/α-hetero) is 1. The van der Waals surface area contributed by atoms with Crippen molar-refractivity contribution in [3.63, 3.8) is 0 Å². The minimum atomic E-state index is -0.281. The molecule has 1 fully saturated rings. The van der Waals surface area contributed by atoms with E-state index in [9.17, 15) is 4.79 Å². The average Bonchev–Trinajstić information content (AvgIpc) is 2.97. The first-order chi connectivity index (χ1) is 10.1. The van der Waals surface area contributed by atoms with Gasteiger partial charge in [-0.3, -0.25) is 9.48 Å². The minimum absolute atomic E-state index is 0.281. The van der Waals surface area contributed by atoms with Crippen molar-refractivity contribution in [2.75, 3.05) is 6.54 Å². The molecule has 1 aliphatic carbocycles. The van der Waals surface area contributed by atoms with Gasteiger partial charge in [0.25, 0.3) is 0 Å². The highest BCUT2D eigenvalue weighted by Gasteiger charge is 2.37. The highest BCUT2D eigenvalue weighted by molar-refractivity contribution is 5.86. The summed E-state index contributed by atoms with van der Waals surface area (Å²) in [6.45, 7) is 4.83. The van der Waals surface area contributed by atoms with Crippen LogP contribution in [0.4, 0.5) is 0 Å². The fraction of sp³-hybridized carbons (Fsp3) is 0.765. The van der Waals surface area contributed by atoms with E-state index in [2.05, 4.69) is 18.9 Å². The molecule has 1 heterocycles. The summed E-state index contributed by atoms with van der Waals surface area (Å²) >= 11 is 0. The van der Waals surface area contributed by atoms with Crippen molar-refractivity contribution in [2.45, 2.75) is 71.3 Å². The fourth-order valence-corrected chi connectivity index (χ4v) is 3.52. The molecule has 0 bridgehead atoms. The molecule has 1 aromatic heterocycles. The summed E-state index contributed by atoms with van der Waals surface area (Å²) in [6.07, 6.45) is 9.98. The van der Waals surface area contributed by atoms with E-state index in [1.807, 2.05) is 16.9 Å². The van der Waals surface area contributed by atoms with Gasteiger partial charge in [-0.2, -0.15) is 5.10 Å². The van der Waals surface area contributed by atoms with Gasteiger partial charge in [-0.1, -0.05) is 33.1 Å². The van der Waals surface area contributed by atoms with E-state index < -0.39 is 0 Å². The number of hydrogen-bond acceptors (Lipinski definition) is 3. The molecule has 0 spiro atoms. The van der Waals surface area contributed by atoms with E-state index >= 15 is 0 Å². The topological polar surface area (TPSA) is 60.9 Å². The van der Waals surface area contributed by atoms with Gasteiger partial charge in [0.1, 0.15) is 5.78 Å². The molecule has 118 valence electrons. The van der Waals surface area contributed by atoms with Crippen LogP contribution in [0.2, 0.25) is 0 Å². The standard InChI is InChI=1S/C17H29N3O/c1-3-15(4-2)20-11-8-14(19-20)12-16(21)17(13-18)9-6-5-7-10-17/h8,11,15H,3-7,9-10,12-13,18H2,1-2H3. The first-order valence-electron chi connectivity index (χ1n) is 8.42. The maximum absolute atomic E-state index is 12.7. The molecular formula is C17H29N3O. The molecule has 0 aliphatic heterocycles. The number of nitrogens with two attached hydrogens (primary N) is 1. The molecule has 2 N–H and O–H groups in total. The van der Waals surface area contributed by atoms with Crippen LogP contribution in [0.15, 0.2) is 12.3 Å². The molecule has 1 saturated carbocycles. The lowest BCUT2D eigenvalue weighted by Gasteiger charge is -2.34. The van der Waals surface area contributed by atoms with Crippen molar-refractivity contribution in [1.82, 2.24) is 9.78 Å². The molecular weight excluding hydrogens is 262 g/mol. The zero-order chi connectivity index (χ0) is 15.3. The Morgan fingerprint density at radius 3 is 2.57 bits per heavy atom. The molecule has 1 aliphatic rings. The Morgan fingerprint density at radius 1 is 1.33 bits per heavy atom. The third-order valence-electron chi connectivity index (χ3n) is 5.11. The van der Waals surface area contributed by atoms with E-state index in [0.717, 1.165) is 44.2 Å². The monoisotopic (exact) mass is 291 g/mol. The number of ketones is 1. The largest absolute Gasteiger partial charge is 0.329 e. The van der Waals surface area contributed by atoms with Crippen LogP contribution in [-0.2, 0) is 11.2 Å². The van der Waals surface area contributed by atoms with E-state index in [1.54, 1.807) is 0 Å². The molecule has 1 aromatic rings. The maximum Gasteiger partial charge on any atom is 0.146 e. The highest BCUT2D eigenvalue weighted by atomic mass is 16.1. The van der Waals surface area contributed by atoms with E-state index in [4.69, 9.17) is 5.73 Å². The second-order valence-corrected chi connectivity index (χ2v) is 6.40. The number of rotatable bonds is 7. The SMILES string of the molecule is CCC(CC)n1ccc(CC(=O)C2(CN)CCCCC2)n1. The first kappa shape index (κ1) is 16.2. The average molecular weight is 291 g/mol. The molecule has 0 saturated heterocycles. The molecule has 21 heavy (non-hydrogen) atoms. The van der Waals surface area contributed by atoms with Crippen molar-refractivity contribution in [3.05, 3.63) is 18.0 Å². The van der Waals surface area contributed by atoms with Crippen LogP contribution in [0.3, 0.4) is 0 Å². The summed E-state index contributed by atoms with van der Waals surface area (Å²) in [7, 11) is 0. The number of nitrogens with zero attached hydrogens (tertiary/aromatic N) is 2. The molecule has 0 amide bonds. The van der Waals surface area contributed by atoms with Gasteiger partial charge >= 0.3 is 0 Å². The van der Waals surface area contributed by atoms with E-state index in [0.29, 0.717) is 24.8 Å². The van der Waals surface area contributed by atoms with Crippen molar-refractivity contribution in [3.8, 4) is 0 Å². The summed E-state index contributed by atoms with van der Waals surface area (Å²) < 4.78 is 2.01. The van der Waals surface area contributed by atoms with Gasteiger partial charge in [0.2, 0.25) is 0 Å². The van der Waals surface area contributed by atoms with Crippen molar-refractivity contribution >= 4 is 5.78 Å². The van der Waals surface area contributed by atoms with Crippen molar-refractivity contribution < 1.29 is 4.79 Å². The third kappa shape index (κ3) is 3.54.